The average Bonchev–Trinajstić information content (AvgIpc) is 2.62. The number of unbranched alkanes of at least 4 members (excludes halogenated alkanes) is 1. The maximum absolute atomic E-state index is 6.23. The average molecular weight is 325 g/mol. The van der Waals surface area contributed by atoms with E-state index in [2.05, 4.69) is 73.8 Å². The molecule has 0 radical (unpaired) electrons. The molecule has 130 valence electrons. The molecule has 1 N–H and O–H groups in total. The maximum atomic E-state index is 6.23. The van der Waals surface area contributed by atoms with Gasteiger partial charge in [-0.25, -0.2) is 0 Å². The van der Waals surface area contributed by atoms with Gasteiger partial charge >= 0.3 is 6.92 Å². The summed E-state index contributed by atoms with van der Waals surface area (Å²) < 4.78 is 6.23. The predicted octanol–water partition coefficient (Wildman–Crippen LogP) is 3.40. The van der Waals surface area contributed by atoms with Crippen molar-refractivity contribution in [3.63, 3.8) is 0 Å². The number of nitrogens with one attached hydrogen (secondary N) is 1. The Morgan fingerprint density at radius 1 is 0.917 bits per heavy atom. The highest BCUT2D eigenvalue weighted by atomic mass is 16.4. The van der Waals surface area contributed by atoms with Crippen molar-refractivity contribution in [1.29, 1.82) is 0 Å². The zero-order chi connectivity index (χ0) is 16.3. The minimum absolute atomic E-state index is 0. The van der Waals surface area contributed by atoms with Crippen molar-refractivity contribution < 1.29 is 4.65 Å². The van der Waals surface area contributed by atoms with Gasteiger partial charge in [-0.3, -0.25) is 0 Å². The molecule has 0 aliphatic heterocycles. The minimum atomic E-state index is 0. The molecule has 24 heavy (non-hydrogen) atoms. The zero-order valence-corrected chi connectivity index (χ0v) is 14.4. The highest BCUT2D eigenvalue weighted by molar-refractivity contribution is 6.80. The summed E-state index contributed by atoms with van der Waals surface area (Å²) in [6.45, 7) is 7.10. The predicted molar refractivity (Wildman–Crippen MR) is 108 cm³/mol. The van der Waals surface area contributed by atoms with Gasteiger partial charge in [0.1, 0.15) is 0 Å². The maximum Gasteiger partial charge on any atom is 0.361 e. The molecule has 0 aliphatic rings. The van der Waals surface area contributed by atoms with E-state index in [0.29, 0.717) is 0 Å². The van der Waals surface area contributed by atoms with E-state index in [1.165, 1.54) is 29.3 Å². The van der Waals surface area contributed by atoms with Crippen LogP contribution in [0, 0.1) is 0 Å². The molecule has 0 saturated heterocycles. The van der Waals surface area contributed by atoms with Crippen LogP contribution in [-0.4, -0.2) is 26.6 Å². The molecule has 2 nitrogen and oxygen atoms in total. The fourth-order valence-corrected chi connectivity index (χ4v) is 2.66. The molecular weight excluding hydrogens is 293 g/mol. The summed E-state index contributed by atoms with van der Waals surface area (Å²) in [4.78, 5) is 0. The lowest BCUT2D eigenvalue weighted by atomic mass is 9.55. The third-order valence-electron chi connectivity index (χ3n) is 4.03. The van der Waals surface area contributed by atoms with Crippen LogP contribution in [0.15, 0.2) is 54.6 Å². The van der Waals surface area contributed by atoms with Gasteiger partial charge in [0.05, 0.1) is 0 Å². The number of benzene rings is 2. The van der Waals surface area contributed by atoms with E-state index < -0.39 is 0 Å². The summed E-state index contributed by atoms with van der Waals surface area (Å²) in [7, 11) is 0. The molecule has 0 saturated carbocycles. The van der Waals surface area contributed by atoms with Crippen LogP contribution < -0.4 is 16.2 Å². The highest BCUT2D eigenvalue weighted by Gasteiger charge is 2.21. The van der Waals surface area contributed by atoms with Crippen LogP contribution in [0.1, 0.15) is 39.7 Å². The molecular formula is C21H32BNO. The topological polar surface area (TPSA) is 21.3 Å². The van der Waals surface area contributed by atoms with Crippen molar-refractivity contribution in [2.45, 2.75) is 40.5 Å². The Balaban J connectivity index is 0.00000288. The van der Waals surface area contributed by atoms with Gasteiger partial charge in [-0.15, -0.1) is 0 Å². The van der Waals surface area contributed by atoms with E-state index in [1.807, 2.05) is 0 Å². The van der Waals surface area contributed by atoms with Gasteiger partial charge in [0.2, 0.25) is 0 Å². The Morgan fingerprint density at radius 3 is 2.38 bits per heavy atom. The molecule has 0 spiro atoms. The van der Waals surface area contributed by atoms with Crippen LogP contribution in [0.3, 0.4) is 0 Å². The lowest BCUT2D eigenvalue weighted by molar-refractivity contribution is 0.328. The Kier molecular flexibility index (Phi) is 10.1. The van der Waals surface area contributed by atoms with Gasteiger partial charge in [-0.2, -0.15) is 0 Å². The van der Waals surface area contributed by atoms with Crippen LogP contribution >= 0.6 is 0 Å². The van der Waals surface area contributed by atoms with E-state index in [-0.39, 0.29) is 14.3 Å². The van der Waals surface area contributed by atoms with Gasteiger partial charge < -0.3 is 9.97 Å². The normalized spacial score (nSPS) is 10.2. The standard InChI is InChI=1S/C20H28BNO.CH4/c1-3-5-14-22-15-16-23-21(19-11-7-6-8-12-19)20-13-9-10-18(4-2)17-20;/h6-13,17,22H,3-5,14-16H2,1-2H3;1H4. The van der Waals surface area contributed by atoms with E-state index in [9.17, 15) is 0 Å². The highest BCUT2D eigenvalue weighted by Crippen LogP contribution is 2.01. The molecule has 0 heterocycles. The van der Waals surface area contributed by atoms with Crippen LogP contribution in [0.5, 0.6) is 0 Å². The monoisotopic (exact) mass is 325 g/mol. The number of hydrogen-bond donors (Lipinski definition) is 1. The number of aryl methyl sites for hydroxylation is 1. The Morgan fingerprint density at radius 2 is 1.67 bits per heavy atom. The molecule has 0 bridgehead atoms. The minimum Gasteiger partial charge on any atom is -0.426 e. The second-order valence-corrected chi connectivity index (χ2v) is 5.86. The first-order valence-corrected chi connectivity index (χ1v) is 8.81. The van der Waals surface area contributed by atoms with Gasteiger partial charge in [0.15, 0.2) is 0 Å². The van der Waals surface area contributed by atoms with Crippen LogP contribution in [0.4, 0.5) is 0 Å². The van der Waals surface area contributed by atoms with Crippen molar-refractivity contribution in [3.05, 3.63) is 60.2 Å². The summed E-state index contributed by atoms with van der Waals surface area (Å²) in [6, 6.07) is 19.2. The molecule has 0 amide bonds. The molecule has 2 rings (SSSR count). The molecule has 2 aromatic carbocycles. The van der Waals surface area contributed by atoms with E-state index in [0.717, 1.165) is 26.1 Å². The van der Waals surface area contributed by atoms with Gasteiger partial charge in [-0.1, -0.05) is 82.3 Å². The van der Waals surface area contributed by atoms with Gasteiger partial charge in [-0.05, 0) is 35.9 Å². The summed E-state index contributed by atoms with van der Waals surface area (Å²) in [5.41, 5.74) is 3.81. The number of rotatable bonds is 10. The fourth-order valence-electron chi connectivity index (χ4n) is 2.66. The van der Waals surface area contributed by atoms with Crippen LogP contribution in [0.25, 0.3) is 0 Å². The summed E-state index contributed by atoms with van der Waals surface area (Å²) in [5, 5.41) is 3.44. The van der Waals surface area contributed by atoms with Crippen LogP contribution in [-0.2, 0) is 11.1 Å². The molecule has 3 heteroatoms. The first-order chi connectivity index (χ1) is 11.3. The van der Waals surface area contributed by atoms with Crippen molar-refractivity contribution in [3.8, 4) is 0 Å². The van der Waals surface area contributed by atoms with E-state index >= 15 is 0 Å². The summed E-state index contributed by atoms with van der Waals surface area (Å²) in [6.07, 6.45) is 3.50. The van der Waals surface area contributed by atoms with Crippen molar-refractivity contribution in [2.75, 3.05) is 19.7 Å². The first kappa shape index (κ1) is 20.5. The molecule has 0 atom stereocenters. The van der Waals surface area contributed by atoms with Crippen molar-refractivity contribution in [1.82, 2.24) is 5.32 Å². The fraction of sp³-hybridized carbons (Fsp3) is 0.429. The quantitative estimate of drug-likeness (QED) is 0.534. The summed E-state index contributed by atoms with van der Waals surface area (Å²) in [5.74, 6) is 0. The van der Waals surface area contributed by atoms with Crippen LogP contribution in [0.2, 0.25) is 0 Å². The molecule has 2 aromatic rings. The zero-order valence-electron chi connectivity index (χ0n) is 14.4. The molecule has 0 aliphatic carbocycles. The van der Waals surface area contributed by atoms with Gasteiger partial charge in [0, 0.05) is 13.2 Å². The second-order valence-electron chi connectivity index (χ2n) is 5.86. The second kappa shape index (κ2) is 11.9. The van der Waals surface area contributed by atoms with Crippen molar-refractivity contribution >= 4 is 17.8 Å². The van der Waals surface area contributed by atoms with Crippen molar-refractivity contribution in [2.24, 2.45) is 0 Å². The van der Waals surface area contributed by atoms with E-state index in [4.69, 9.17) is 4.65 Å². The Bertz CT molecular complexity index is 559. The number of hydrogen-bond acceptors (Lipinski definition) is 2. The smallest absolute Gasteiger partial charge is 0.361 e. The van der Waals surface area contributed by atoms with Gasteiger partial charge in [0.25, 0.3) is 0 Å². The lowest BCUT2D eigenvalue weighted by Crippen LogP contribution is -2.46. The third kappa shape index (κ3) is 6.50. The lowest BCUT2D eigenvalue weighted by Gasteiger charge is -2.16. The SMILES string of the molecule is C.CCCCNCCOB(c1ccccc1)c1cccc(CC)c1. The van der Waals surface area contributed by atoms with E-state index in [1.54, 1.807) is 0 Å². The first-order valence-electron chi connectivity index (χ1n) is 8.81. The Hall–Kier alpha value is -1.58. The Labute approximate surface area is 148 Å². The largest absolute Gasteiger partial charge is 0.426 e. The summed E-state index contributed by atoms with van der Waals surface area (Å²) >= 11 is 0. The molecule has 0 fully saturated rings. The molecule has 0 unspecified atom stereocenters. The molecule has 0 aromatic heterocycles. The third-order valence-corrected chi connectivity index (χ3v) is 4.03.